The molecule has 2 rings (SSSR count). The Hall–Kier alpha value is -2.49. The highest BCUT2D eigenvalue weighted by Crippen LogP contribution is 2.18. The van der Waals surface area contributed by atoms with Crippen molar-refractivity contribution in [1.82, 2.24) is 0 Å². The standard InChI is InChI=1S/C29H43NO3/c1-2-3-4-5-6-7-8-9-10-11-12-13-14-17-25-18-15-21-28(22-25)33-29(32)24-30-26-19-16-20-27(31)23-26/h15-16,18-23,30-31H,2-14,17,24H2,1H3. The van der Waals surface area contributed by atoms with Gasteiger partial charge in [0, 0.05) is 11.8 Å². The van der Waals surface area contributed by atoms with E-state index < -0.39 is 0 Å². The van der Waals surface area contributed by atoms with Gasteiger partial charge in [0.2, 0.25) is 0 Å². The monoisotopic (exact) mass is 453 g/mol. The summed E-state index contributed by atoms with van der Waals surface area (Å²) in [6.07, 6.45) is 18.7. The van der Waals surface area contributed by atoms with Crippen LogP contribution >= 0.6 is 0 Å². The predicted octanol–water partition coefficient (Wildman–Crippen LogP) is 8.04. The van der Waals surface area contributed by atoms with Gasteiger partial charge in [-0.05, 0) is 42.7 Å². The van der Waals surface area contributed by atoms with Gasteiger partial charge in [-0.25, -0.2) is 4.79 Å². The minimum Gasteiger partial charge on any atom is -0.508 e. The molecule has 0 fully saturated rings. The topological polar surface area (TPSA) is 58.6 Å². The summed E-state index contributed by atoms with van der Waals surface area (Å²) in [4.78, 5) is 12.1. The molecule has 0 spiro atoms. The summed E-state index contributed by atoms with van der Waals surface area (Å²) < 4.78 is 5.46. The smallest absolute Gasteiger partial charge is 0.330 e. The molecule has 0 amide bonds. The number of unbranched alkanes of at least 4 members (excludes halogenated alkanes) is 12. The van der Waals surface area contributed by atoms with Gasteiger partial charge in [-0.1, -0.05) is 102 Å². The van der Waals surface area contributed by atoms with Gasteiger partial charge in [-0.15, -0.1) is 0 Å². The number of nitrogens with one attached hydrogen (secondary N) is 1. The lowest BCUT2D eigenvalue weighted by molar-refractivity contribution is -0.132. The van der Waals surface area contributed by atoms with E-state index in [1.807, 2.05) is 18.2 Å². The minimum atomic E-state index is -0.351. The van der Waals surface area contributed by atoms with Gasteiger partial charge in [-0.3, -0.25) is 0 Å². The van der Waals surface area contributed by atoms with Crippen LogP contribution in [0.2, 0.25) is 0 Å². The number of benzene rings is 2. The second kappa shape index (κ2) is 17.0. The average molecular weight is 454 g/mol. The first kappa shape index (κ1) is 26.8. The van der Waals surface area contributed by atoms with Crippen LogP contribution in [0.1, 0.15) is 96.0 Å². The number of aryl methyl sites for hydroxylation is 1. The van der Waals surface area contributed by atoms with Gasteiger partial charge < -0.3 is 15.2 Å². The summed E-state index contributed by atoms with van der Waals surface area (Å²) >= 11 is 0. The highest BCUT2D eigenvalue weighted by Gasteiger charge is 2.06. The molecule has 0 saturated carbocycles. The van der Waals surface area contributed by atoms with Gasteiger partial charge in [0.15, 0.2) is 0 Å². The molecule has 2 aromatic rings. The van der Waals surface area contributed by atoms with E-state index in [1.165, 1.54) is 89.0 Å². The first-order valence-electron chi connectivity index (χ1n) is 13.0. The minimum absolute atomic E-state index is 0.0482. The molecule has 2 N–H and O–H groups in total. The van der Waals surface area contributed by atoms with E-state index in [2.05, 4.69) is 18.3 Å². The molecule has 4 heteroatoms. The van der Waals surface area contributed by atoms with Crippen LogP contribution in [0.4, 0.5) is 5.69 Å². The molecular weight excluding hydrogens is 410 g/mol. The molecule has 0 aliphatic carbocycles. The summed E-state index contributed by atoms with van der Waals surface area (Å²) in [5.41, 5.74) is 1.90. The Balaban J connectivity index is 1.51. The Kier molecular flexibility index (Phi) is 13.8. The average Bonchev–Trinajstić information content (AvgIpc) is 2.81. The summed E-state index contributed by atoms with van der Waals surface area (Å²) in [6, 6.07) is 14.5. The van der Waals surface area contributed by atoms with Crippen molar-refractivity contribution >= 4 is 11.7 Å². The van der Waals surface area contributed by atoms with Crippen molar-refractivity contribution in [2.75, 3.05) is 11.9 Å². The Labute approximate surface area is 200 Å². The van der Waals surface area contributed by atoms with Gasteiger partial charge in [0.25, 0.3) is 0 Å². The lowest BCUT2D eigenvalue weighted by Gasteiger charge is -2.09. The summed E-state index contributed by atoms with van der Waals surface area (Å²) in [5, 5.41) is 12.4. The first-order valence-corrected chi connectivity index (χ1v) is 13.0. The van der Waals surface area contributed by atoms with Crippen molar-refractivity contribution in [2.45, 2.75) is 96.8 Å². The van der Waals surface area contributed by atoms with Gasteiger partial charge in [0.05, 0.1) is 0 Å². The molecule has 4 nitrogen and oxygen atoms in total. The maximum atomic E-state index is 12.1. The Bertz CT molecular complexity index is 790. The van der Waals surface area contributed by atoms with E-state index in [9.17, 15) is 9.90 Å². The summed E-state index contributed by atoms with van der Waals surface area (Å²) in [6.45, 7) is 2.32. The number of rotatable bonds is 18. The molecule has 0 aromatic heterocycles. The van der Waals surface area contributed by atoms with Crippen LogP contribution in [0.5, 0.6) is 11.5 Å². The third kappa shape index (κ3) is 13.0. The lowest BCUT2D eigenvalue weighted by atomic mass is 10.0. The molecule has 0 bridgehead atoms. The largest absolute Gasteiger partial charge is 0.508 e. The van der Waals surface area contributed by atoms with E-state index in [0.717, 1.165) is 6.42 Å². The zero-order valence-corrected chi connectivity index (χ0v) is 20.5. The van der Waals surface area contributed by atoms with Crippen LogP contribution in [-0.2, 0) is 11.2 Å². The fourth-order valence-corrected chi connectivity index (χ4v) is 4.07. The number of hydrogen-bond donors (Lipinski definition) is 2. The second-order valence-corrected chi connectivity index (χ2v) is 9.02. The van der Waals surface area contributed by atoms with E-state index in [-0.39, 0.29) is 18.3 Å². The Morgan fingerprint density at radius 3 is 2.03 bits per heavy atom. The second-order valence-electron chi connectivity index (χ2n) is 9.02. The van der Waals surface area contributed by atoms with Crippen LogP contribution in [0.15, 0.2) is 48.5 Å². The van der Waals surface area contributed by atoms with Crippen molar-refractivity contribution in [3.63, 3.8) is 0 Å². The molecule has 2 aromatic carbocycles. The molecular formula is C29H43NO3. The molecule has 0 atom stereocenters. The third-order valence-corrected chi connectivity index (χ3v) is 5.98. The van der Waals surface area contributed by atoms with Crippen LogP contribution in [0, 0.1) is 0 Å². The number of esters is 1. The first-order chi connectivity index (χ1) is 16.2. The zero-order chi connectivity index (χ0) is 23.6. The van der Waals surface area contributed by atoms with Gasteiger partial charge in [0.1, 0.15) is 18.0 Å². The normalized spacial score (nSPS) is 10.8. The molecule has 182 valence electrons. The van der Waals surface area contributed by atoms with Crippen LogP contribution in [0.3, 0.4) is 0 Å². The number of phenols is 1. The highest BCUT2D eigenvalue weighted by molar-refractivity contribution is 5.77. The molecule has 0 unspecified atom stereocenters. The van der Waals surface area contributed by atoms with Crippen molar-refractivity contribution in [3.05, 3.63) is 54.1 Å². The molecule has 0 heterocycles. The highest BCUT2D eigenvalue weighted by atomic mass is 16.5. The van der Waals surface area contributed by atoms with Crippen LogP contribution in [0.25, 0.3) is 0 Å². The number of hydrogen-bond acceptors (Lipinski definition) is 4. The van der Waals surface area contributed by atoms with Crippen molar-refractivity contribution in [1.29, 1.82) is 0 Å². The third-order valence-electron chi connectivity index (χ3n) is 5.98. The number of carbonyl (C=O) groups excluding carboxylic acids is 1. The molecule has 0 radical (unpaired) electrons. The fourth-order valence-electron chi connectivity index (χ4n) is 4.07. The van der Waals surface area contributed by atoms with Crippen molar-refractivity contribution in [2.24, 2.45) is 0 Å². The number of aromatic hydroxyl groups is 1. The maximum Gasteiger partial charge on any atom is 0.330 e. The SMILES string of the molecule is CCCCCCCCCCCCCCCc1cccc(OC(=O)CNc2cccc(O)c2)c1. The maximum absolute atomic E-state index is 12.1. The van der Waals surface area contributed by atoms with E-state index >= 15 is 0 Å². The van der Waals surface area contributed by atoms with Gasteiger partial charge >= 0.3 is 5.97 Å². The lowest BCUT2D eigenvalue weighted by Crippen LogP contribution is -2.19. The number of carbonyl (C=O) groups is 1. The van der Waals surface area contributed by atoms with Crippen LogP contribution < -0.4 is 10.1 Å². The quantitative estimate of drug-likeness (QED) is 0.136. The Morgan fingerprint density at radius 2 is 1.39 bits per heavy atom. The number of ether oxygens (including phenoxy) is 1. The Morgan fingerprint density at radius 1 is 0.788 bits per heavy atom. The van der Waals surface area contributed by atoms with Crippen molar-refractivity contribution < 1.29 is 14.6 Å². The summed E-state index contributed by atoms with van der Waals surface area (Å²) in [5.74, 6) is 0.399. The number of phenolic OH excluding ortho intramolecular Hbond substituents is 1. The zero-order valence-electron chi connectivity index (χ0n) is 20.5. The van der Waals surface area contributed by atoms with E-state index in [1.54, 1.807) is 24.3 Å². The molecule has 33 heavy (non-hydrogen) atoms. The molecule has 0 aliphatic rings. The van der Waals surface area contributed by atoms with Crippen LogP contribution in [-0.4, -0.2) is 17.6 Å². The predicted molar refractivity (Wildman–Crippen MR) is 138 cm³/mol. The molecule has 0 aliphatic heterocycles. The number of anilines is 1. The molecule has 0 saturated heterocycles. The fraction of sp³-hybridized carbons (Fsp3) is 0.552. The van der Waals surface area contributed by atoms with Gasteiger partial charge in [-0.2, -0.15) is 0 Å². The summed E-state index contributed by atoms with van der Waals surface area (Å²) in [7, 11) is 0. The van der Waals surface area contributed by atoms with Crippen molar-refractivity contribution in [3.8, 4) is 11.5 Å². The van der Waals surface area contributed by atoms with E-state index in [0.29, 0.717) is 11.4 Å². The van der Waals surface area contributed by atoms with E-state index in [4.69, 9.17) is 4.74 Å².